The minimum Gasteiger partial charge on any atom is -0.483 e. The van der Waals surface area contributed by atoms with Crippen molar-refractivity contribution in [3.05, 3.63) is 0 Å². The SMILES string of the molecule is C.C1CNC(CCN2CCOCC2)C1.CC.O=CO. The summed E-state index contributed by atoms with van der Waals surface area (Å²) in [4.78, 5) is 10.9. The second-order valence-corrected chi connectivity index (χ2v) is 4.14. The Labute approximate surface area is 118 Å². The predicted octanol–water partition coefficient (Wildman–Crippen LogP) is 1.82. The van der Waals surface area contributed by atoms with Crippen LogP contribution in [0.5, 0.6) is 0 Å². The largest absolute Gasteiger partial charge is 0.483 e. The maximum Gasteiger partial charge on any atom is 0.290 e. The van der Waals surface area contributed by atoms with Crippen molar-refractivity contribution in [2.75, 3.05) is 39.4 Å². The number of ether oxygens (including phenoxy) is 1. The molecule has 2 heterocycles. The fraction of sp³-hybridized carbons (Fsp3) is 0.929. The summed E-state index contributed by atoms with van der Waals surface area (Å²) in [5, 5.41) is 10.4. The minimum absolute atomic E-state index is 0. The van der Waals surface area contributed by atoms with Gasteiger partial charge in [0.15, 0.2) is 0 Å². The van der Waals surface area contributed by atoms with Crippen molar-refractivity contribution in [3.8, 4) is 0 Å². The first-order valence-corrected chi connectivity index (χ1v) is 6.98. The summed E-state index contributed by atoms with van der Waals surface area (Å²) in [5.74, 6) is 0. The van der Waals surface area contributed by atoms with E-state index in [0.29, 0.717) is 0 Å². The number of morpholine rings is 1. The average Bonchev–Trinajstić information content (AvgIpc) is 2.94. The van der Waals surface area contributed by atoms with Crippen LogP contribution in [0.4, 0.5) is 0 Å². The van der Waals surface area contributed by atoms with Gasteiger partial charge in [0.25, 0.3) is 6.47 Å². The third kappa shape index (κ3) is 10.9. The van der Waals surface area contributed by atoms with Crippen molar-refractivity contribution in [1.82, 2.24) is 10.2 Å². The van der Waals surface area contributed by atoms with E-state index in [-0.39, 0.29) is 13.9 Å². The molecule has 0 saturated carbocycles. The lowest BCUT2D eigenvalue weighted by Crippen LogP contribution is -2.38. The van der Waals surface area contributed by atoms with Gasteiger partial charge in [0.1, 0.15) is 0 Å². The van der Waals surface area contributed by atoms with E-state index in [0.717, 1.165) is 32.3 Å². The molecule has 2 saturated heterocycles. The number of carboxylic acid groups (broad SMARTS) is 1. The van der Waals surface area contributed by atoms with Crippen molar-refractivity contribution in [2.45, 2.75) is 46.6 Å². The molecule has 0 amide bonds. The van der Waals surface area contributed by atoms with Gasteiger partial charge in [0.2, 0.25) is 0 Å². The van der Waals surface area contributed by atoms with Crippen LogP contribution in [0.1, 0.15) is 40.5 Å². The van der Waals surface area contributed by atoms with Crippen LogP contribution in [0.3, 0.4) is 0 Å². The van der Waals surface area contributed by atoms with Crippen molar-refractivity contribution < 1.29 is 14.6 Å². The van der Waals surface area contributed by atoms with Gasteiger partial charge >= 0.3 is 0 Å². The Kier molecular flexibility index (Phi) is 16.8. The van der Waals surface area contributed by atoms with Gasteiger partial charge < -0.3 is 15.2 Å². The fourth-order valence-corrected chi connectivity index (χ4v) is 2.17. The van der Waals surface area contributed by atoms with Crippen molar-refractivity contribution in [1.29, 1.82) is 0 Å². The molecule has 1 unspecified atom stereocenters. The van der Waals surface area contributed by atoms with Crippen LogP contribution in [0.15, 0.2) is 0 Å². The monoisotopic (exact) mass is 276 g/mol. The molecule has 2 aliphatic heterocycles. The van der Waals surface area contributed by atoms with Gasteiger partial charge in [-0.2, -0.15) is 0 Å². The summed E-state index contributed by atoms with van der Waals surface area (Å²) in [6, 6.07) is 0.794. The molecule has 0 aromatic carbocycles. The summed E-state index contributed by atoms with van der Waals surface area (Å²) in [7, 11) is 0. The highest BCUT2D eigenvalue weighted by atomic mass is 16.5. The first-order valence-electron chi connectivity index (χ1n) is 6.98. The van der Waals surface area contributed by atoms with E-state index in [1.807, 2.05) is 13.8 Å². The molecule has 5 nitrogen and oxygen atoms in total. The van der Waals surface area contributed by atoms with E-state index < -0.39 is 0 Å². The van der Waals surface area contributed by atoms with Crippen LogP contribution in [-0.2, 0) is 9.53 Å². The molecule has 0 bridgehead atoms. The zero-order valence-corrected chi connectivity index (χ0v) is 11.7. The van der Waals surface area contributed by atoms with Gasteiger partial charge in [0.05, 0.1) is 13.2 Å². The Hall–Kier alpha value is -0.650. The first kappa shape index (κ1) is 20.7. The van der Waals surface area contributed by atoms with E-state index in [2.05, 4.69) is 10.2 Å². The molecular formula is C14H32N2O3. The number of carbonyl (C=O) groups is 1. The predicted molar refractivity (Wildman–Crippen MR) is 79.7 cm³/mol. The molecular weight excluding hydrogens is 244 g/mol. The molecule has 5 heteroatoms. The molecule has 0 aromatic heterocycles. The first-order chi connectivity index (χ1) is 8.86. The highest BCUT2D eigenvalue weighted by molar-refractivity contribution is 5.32. The van der Waals surface area contributed by atoms with Gasteiger partial charge in [-0.1, -0.05) is 21.3 Å². The van der Waals surface area contributed by atoms with Crippen LogP contribution in [-0.4, -0.2) is 61.9 Å². The lowest BCUT2D eigenvalue weighted by atomic mass is 10.1. The molecule has 0 spiro atoms. The minimum atomic E-state index is -0.250. The maximum atomic E-state index is 8.36. The number of hydrogen-bond acceptors (Lipinski definition) is 4. The summed E-state index contributed by atoms with van der Waals surface area (Å²) < 4.78 is 5.31. The van der Waals surface area contributed by atoms with Crippen LogP contribution in [0, 0.1) is 0 Å². The Morgan fingerprint density at radius 2 is 1.95 bits per heavy atom. The maximum absolute atomic E-state index is 8.36. The Morgan fingerprint density at radius 3 is 2.42 bits per heavy atom. The normalized spacial score (nSPS) is 22.1. The van der Waals surface area contributed by atoms with Gasteiger partial charge in [-0.3, -0.25) is 9.69 Å². The van der Waals surface area contributed by atoms with E-state index >= 15 is 0 Å². The molecule has 2 fully saturated rings. The van der Waals surface area contributed by atoms with Gasteiger partial charge in [0, 0.05) is 19.1 Å². The van der Waals surface area contributed by atoms with Crippen molar-refractivity contribution in [3.63, 3.8) is 0 Å². The molecule has 1 atom stereocenters. The van der Waals surface area contributed by atoms with Crippen LogP contribution in [0.2, 0.25) is 0 Å². The molecule has 2 N–H and O–H groups in total. The van der Waals surface area contributed by atoms with E-state index in [9.17, 15) is 0 Å². The standard InChI is InChI=1S/C10H20N2O.C2H6.CH2O2.CH4/c1-2-10(11-4-1)3-5-12-6-8-13-9-7-12;1-2;2-1-3;/h10-11H,1-9H2;1-2H3;1H,(H,2,3);1H4. The second-order valence-electron chi connectivity index (χ2n) is 4.14. The molecule has 0 radical (unpaired) electrons. The summed E-state index contributed by atoms with van der Waals surface area (Å²) in [6.07, 6.45) is 4.07. The van der Waals surface area contributed by atoms with E-state index in [1.54, 1.807) is 0 Å². The average molecular weight is 276 g/mol. The van der Waals surface area contributed by atoms with Crippen molar-refractivity contribution >= 4 is 6.47 Å². The third-order valence-corrected chi connectivity index (χ3v) is 3.06. The quantitative estimate of drug-likeness (QED) is 0.770. The molecule has 0 aliphatic carbocycles. The Morgan fingerprint density at radius 1 is 1.37 bits per heavy atom. The third-order valence-electron chi connectivity index (χ3n) is 3.06. The zero-order chi connectivity index (χ0) is 13.6. The highest BCUT2D eigenvalue weighted by Gasteiger charge is 2.16. The molecule has 0 aromatic rings. The summed E-state index contributed by atoms with van der Waals surface area (Å²) >= 11 is 0. The van der Waals surface area contributed by atoms with Gasteiger partial charge in [-0.05, 0) is 32.4 Å². The smallest absolute Gasteiger partial charge is 0.290 e. The lowest BCUT2D eigenvalue weighted by molar-refractivity contribution is -0.122. The van der Waals surface area contributed by atoms with Crippen LogP contribution < -0.4 is 5.32 Å². The number of nitrogens with one attached hydrogen (secondary N) is 1. The fourth-order valence-electron chi connectivity index (χ4n) is 2.17. The van der Waals surface area contributed by atoms with E-state index in [1.165, 1.54) is 32.4 Å². The van der Waals surface area contributed by atoms with Gasteiger partial charge in [-0.25, -0.2) is 0 Å². The summed E-state index contributed by atoms with van der Waals surface area (Å²) in [6.45, 7) is 10.4. The summed E-state index contributed by atoms with van der Waals surface area (Å²) in [5.41, 5.74) is 0. The van der Waals surface area contributed by atoms with E-state index in [4.69, 9.17) is 14.6 Å². The number of rotatable bonds is 3. The number of nitrogens with zero attached hydrogens (tertiary/aromatic N) is 1. The zero-order valence-electron chi connectivity index (χ0n) is 11.7. The number of hydrogen-bond donors (Lipinski definition) is 2. The van der Waals surface area contributed by atoms with Crippen molar-refractivity contribution in [2.24, 2.45) is 0 Å². The molecule has 116 valence electrons. The second kappa shape index (κ2) is 15.4. The Bertz CT molecular complexity index is 180. The van der Waals surface area contributed by atoms with Crippen LogP contribution >= 0.6 is 0 Å². The lowest BCUT2D eigenvalue weighted by Gasteiger charge is -2.27. The molecule has 19 heavy (non-hydrogen) atoms. The highest BCUT2D eigenvalue weighted by Crippen LogP contribution is 2.09. The molecule has 2 rings (SSSR count). The topological polar surface area (TPSA) is 61.8 Å². The molecule has 2 aliphatic rings. The van der Waals surface area contributed by atoms with Crippen LogP contribution in [0.25, 0.3) is 0 Å². The van der Waals surface area contributed by atoms with Gasteiger partial charge in [-0.15, -0.1) is 0 Å². The Balaban J connectivity index is 0.